The molecule has 3 atom stereocenters. The third-order valence-corrected chi connectivity index (χ3v) is 4.59. The largest absolute Gasteiger partial charge is 0.482 e. The van der Waals surface area contributed by atoms with E-state index in [0.29, 0.717) is 0 Å². The fraction of sp³-hybridized carbons (Fsp3) is 0.412. The van der Waals surface area contributed by atoms with Gasteiger partial charge in [-0.1, -0.05) is 12.1 Å². The highest BCUT2D eigenvalue weighted by atomic mass is 16.6. The number of rotatable bonds is 6. The summed E-state index contributed by atoms with van der Waals surface area (Å²) in [5.41, 5.74) is -2.81. The Kier molecular flexibility index (Phi) is 5.31. The van der Waals surface area contributed by atoms with Crippen molar-refractivity contribution in [1.82, 2.24) is 9.55 Å². The van der Waals surface area contributed by atoms with Gasteiger partial charge in [0.15, 0.2) is 0 Å². The maximum atomic E-state index is 12.2. The highest BCUT2D eigenvalue weighted by Gasteiger charge is 2.44. The summed E-state index contributed by atoms with van der Waals surface area (Å²) in [4.78, 5) is 36.9. The van der Waals surface area contributed by atoms with Crippen molar-refractivity contribution < 1.29 is 24.6 Å². The van der Waals surface area contributed by atoms with E-state index in [1.54, 1.807) is 6.07 Å². The molecule has 0 amide bonds. The van der Waals surface area contributed by atoms with Crippen LogP contribution in [0.5, 0.6) is 5.75 Å². The normalized spacial score (nSPS) is 24.2. The molecule has 2 heterocycles. The Balaban J connectivity index is 1.90. The average molecular weight is 393 g/mol. The van der Waals surface area contributed by atoms with E-state index in [1.165, 1.54) is 25.1 Å². The monoisotopic (exact) mass is 393 g/mol. The van der Waals surface area contributed by atoms with Crippen LogP contribution in [0.1, 0.15) is 18.9 Å². The Morgan fingerprint density at radius 1 is 1.43 bits per heavy atom. The van der Waals surface area contributed by atoms with Crippen molar-refractivity contribution in [2.24, 2.45) is 0 Å². The Bertz CT molecular complexity index is 1000. The first kappa shape index (κ1) is 19.7. The lowest BCUT2D eigenvalue weighted by Crippen LogP contribution is -2.42. The second kappa shape index (κ2) is 7.54. The molecule has 150 valence electrons. The molecule has 3 N–H and O–H groups in total. The number of nitro benzene ring substituents is 1. The topological polar surface area (TPSA) is 157 Å². The van der Waals surface area contributed by atoms with E-state index >= 15 is 0 Å². The Morgan fingerprint density at radius 3 is 2.79 bits per heavy atom. The summed E-state index contributed by atoms with van der Waals surface area (Å²) in [5.74, 6) is -0.246. The number of nitrogens with one attached hydrogen (secondary N) is 1. The molecule has 0 unspecified atom stereocenters. The number of ether oxygens (including phenoxy) is 2. The number of aromatic amines is 1. The van der Waals surface area contributed by atoms with Crippen LogP contribution in [0.2, 0.25) is 0 Å². The van der Waals surface area contributed by atoms with Crippen molar-refractivity contribution in [3.63, 3.8) is 0 Å². The maximum absolute atomic E-state index is 12.2. The summed E-state index contributed by atoms with van der Waals surface area (Å²) >= 11 is 0. The van der Waals surface area contributed by atoms with Gasteiger partial charge in [-0.2, -0.15) is 0 Å². The van der Waals surface area contributed by atoms with Crippen LogP contribution in [0.15, 0.2) is 40.1 Å². The summed E-state index contributed by atoms with van der Waals surface area (Å²) in [6, 6.07) is 5.91. The van der Waals surface area contributed by atoms with Gasteiger partial charge >= 0.3 is 5.69 Å². The Labute approximate surface area is 157 Å². The summed E-state index contributed by atoms with van der Waals surface area (Å²) in [6.07, 6.45) is -0.735. The number of nitrogens with zero attached hydrogens (tertiary/aromatic N) is 2. The van der Waals surface area contributed by atoms with Crippen LogP contribution in [0.25, 0.3) is 0 Å². The van der Waals surface area contributed by atoms with Crippen molar-refractivity contribution in [1.29, 1.82) is 0 Å². The zero-order valence-electron chi connectivity index (χ0n) is 14.9. The molecule has 11 nitrogen and oxygen atoms in total. The number of aliphatic hydroxyl groups excluding tert-OH is 2. The first-order valence-electron chi connectivity index (χ1n) is 8.43. The molecule has 0 radical (unpaired) electrons. The van der Waals surface area contributed by atoms with E-state index < -0.39 is 40.7 Å². The van der Waals surface area contributed by atoms with Crippen molar-refractivity contribution in [2.45, 2.75) is 37.9 Å². The van der Waals surface area contributed by atoms with Crippen LogP contribution in [0.4, 0.5) is 5.69 Å². The molecule has 0 spiro atoms. The van der Waals surface area contributed by atoms with Gasteiger partial charge in [-0.15, -0.1) is 0 Å². The smallest absolute Gasteiger partial charge is 0.330 e. The number of aliphatic hydroxyl groups is 2. The molecule has 3 rings (SSSR count). The molecule has 0 aliphatic carbocycles. The summed E-state index contributed by atoms with van der Waals surface area (Å²) in [7, 11) is 0. The second-order valence-electron chi connectivity index (χ2n) is 6.58. The van der Waals surface area contributed by atoms with E-state index in [1.807, 2.05) is 0 Å². The van der Waals surface area contributed by atoms with E-state index in [0.717, 1.165) is 10.8 Å². The van der Waals surface area contributed by atoms with Crippen LogP contribution >= 0.6 is 0 Å². The fourth-order valence-electron chi connectivity index (χ4n) is 3.16. The predicted molar refractivity (Wildman–Crippen MR) is 95.0 cm³/mol. The minimum absolute atomic E-state index is 0.00771. The van der Waals surface area contributed by atoms with Crippen molar-refractivity contribution in [3.05, 3.63) is 67.0 Å². The quantitative estimate of drug-likeness (QED) is 0.451. The molecule has 0 saturated carbocycles. The lowest BCUT2D eigenvalue weighted by atomic mass is 10.1. The minimum Gasteiger partial charge on any atom is -0.482 e. The van der Waals surface area contributed by atoms with Gasteiger partial charge < -0.3 is 19.7 Å². The molecule has 0 bridgehead atoms. The van der Waals surface area contributed by atoms with Crippen LogP contribution in [-0.2, 0) is 17.1 Å². The van der Waals surface area contributed by atoms with Crippen molar-refractivity contribution in [2.75, 3.05) is 6.61 Å². The van der Waals surface area contributed by atoms with Gasteiger partial charge in [0.25, 0.3) is 11.2 Å². The van der Waals surface area contributed by atoms with Gasteiger partial charge in [0.2, 0.25) is 5.75 Å². The Morgan fingerprint density at radius 2 is 2.14 bits per heavy atom. The molecule has 28 heavy (non-hydrogen) atoms. The van der Waals surface area contributed by atoms with E-state index in [9.17, 15) is 29.9 Å². The van der Waals surface area contributed by atoms with E-state index in [4.69, 9.17) is 9.47 Å². The maximum Gasteiger partial charge on any atom is 0.330 e. The van der Waals surface area contributed by atoms with Crippen molar-refractivity contribution >= 4 is 5.69 Å². The number of aromatic nitrogens is 2. The summed E-state index contributed by atoms with van der Waals surface area (Å²) in [6.45, 7) is 0.825. The molecular formula is C17H19N3O8. The van der Waals surface area contributed by atoms with Crippen LogP contribution in [0.3, 0.4) is 0 Å². The third kappa shape index (κ3) is 3.67. The number of hydrogen-bond donors (Lipinski definition) is 3. The molecule has 1 fully saturated rings. The predicted octanol–water partition coefficient (Wildman–Crippen LogP) is -0.161. The number of benzene rings is 1. The van der Waals surface area contributed by atoms with Crippen LogP contribution < -0.4 is 16.0 Å². The summed E-state index contributed by atoms with van der Waals surface area (Å²) < 4.78 is 12.1. The standard InChI is InChI=1S/C17H19N3O8/c1-17(6-12(22)14(8-21)28-17)19-7-13(15(23)18-16(19)24)27-9-10-4-2-3-5-11(10)20(25)26/h2-5,7,12,14,21-22H,6,8-9H2,1H3,(H,18,23,24)/t12-,14+,17+/m0/s1. The average Bonchev–Trinajstić information content (AvgIpc) is 2.95. The molecule has 1 aliphatic rings. The van der Waals surface area contributed by atoms with Gasteiger partial charge in [0.1, 0.15) is 18.4 Å². The minimum atomic E-state index is -1.31. The number of para-hydroxylation sites is 1. The zero-order valence-corrected chi connectivity index (χ0v) is 14.9. The first-order valence-corrected chi connectivity index (χ1v) is 8.43. The van der Waals surface area contributed by atoms with E-state index in [2.05, 4.69) is 4.98 Å². The third-order valence-electron chi connectivity index (χ3n) is 4.59. The lowest BCUT2D eigenvalue weighted by molar-refractivity contribution is -0.385. The summed E-state index contributed by atoms with van der Waals surface area (Å²) in [5, 5.41) is 30.3. The molecule has 1 aromatic carbocycles. The Hall–Kier alpha value is -3.02. The lowest BCUT2D eigenvalue weighted by Gasteiger charge is -2.26. The molecule has 2 aromatic rings. The van der Waals surface area contributed by atoms with Crippen LogP contribution in [-0.4, -0.2) is 43.5 Å². The fourth-order valence-corrected chi connectivity index (χ4v) is 3.16. The van der Waals surface area contributed by atoms with Gasteiger partial charge in [-0.25, -0.2) is 4.79 Å². The molecule has 11 heteroatoms. The van der Waals surface area contributed by atoms with Crippen LogP contribution in [0, 0.1) is 10.1 Å². The molecule has 1 saturated heterocycles. The first-order chi connectivity index (χ1) is 13.2. The molecule has 1 aliphatic heterocycles. The zero-order chi connectivity index (χ0) is 20.5. The van der Waals surface area contributed by atoms with Gasteiger partial charge in [-0.05, 0) is 13.0 Å². The highest BCUT2D eigenvalue weighted by Crippen LogP contribution is 2.34. The molecular weight excluding hydrogens is 374 g/mol. The number of nitro groups is 1. The second-order valence-corrected chi connectivity index (χ2v) is 6.58. The number of hydrogen-bond acceptors (Lipinski definition) is 8. The van der Waals surface area contributed by atoms with Crippen molar-refractivity contribution in [3.8, 4) is 5.75 Å². The van der Waals surface area contributed by atoms with E-state index in [-0.39, 0.29) is 30.0 Å². The highest BCUT2D eigenvalue weighted by molar-refractivity contribution is 5.39. The van der Waals surface area contributed by atoms with Gasteiger partial charge in [0, 0.05) is 12.5 Å². The number of H-pyrrole nitrogens is 1. The van der Waals surface area contributed by atoms with Gasteiger partial charge in [0.05, 0.1) is 29.4 Å². The SMILES string of the molecule is C[C@]1(n2cc(OCc3ccccc3[N+](=O)[O-])c(=O)[nH]c2=O)C[C@H](O)[C@@H](CO)O1. The van der Waals surface area contributed by atoms with Gasteiger partial charge in [-0.3, -0.25) is 24.5 Å². The molecule has 1 aromatic heterocycles.